The van der Waals surface area contributed by atoms with Crippen LogP contribution in [-0.4, -0.2) is 42.3 Å². The highest BCUT2D eigenvalue weighted by Crippen LogP contribution is 2.28. The average molecular weight is 433 g/mol. The van der Waals surface area contributed by atoms with Crippen LogP contribution in [0.4, 0.5) is 0 Å². The predicted octanol–water partition coefficient (Wildman–Crippen LogP) is 2.56. The largest absolute Gasteiger partial charge is 0.495 e. The summed E-state index contributed by atoms with van der Waals surface area (Å²) in [4.78, 5) is 11.8. The summed E-state index contributed by atoms with van der Waals surface area (Å²) >= 11 is 0. The number of methoxy groups -OCH3 is 1. The van der Waals surface area contributed by atoms with E-state index in [0.717, 1.165) is 11.6 Å². The first kappa shape index (κ1) is 21.2. The van der Waals surface area contributed by atoms with Crippen LogP contribution in [0, 0.1) is 6.92 Å². The molecule has 0 aromatic heterocycles. The van der Waals surface area contributed by atoms with Gasteiger partial charge in [0.05, 0.1) is 23.3 Å². The molecule has 0 aliphatic rings. The minimum atomic E-state index is -4.14. The summed E-state index contributed by atoms with van der Waals surface area (Å²) in [5.41, 5.74) is 0.827. The summed E-state index contributed by atoms with van der Waals surface area (Å²) in [7, 11) is -1.17. The number of halogens is 1. The van der Waals surface area contributed by atoms with Gasteiger partial charge in [-0.15, -0.1) is 0 Å². The minimum absolute atomic E-state index is 0.0245. The lowest BCUT2D eigenvalue weighted by Crippen LogP contribution is -2.16. The van der Waals surface area contributed by atoms with Gasteiger partial charge in [-0.3, -0.25) is 0 Å². The first-order valence-corrected chi connectivity index (χ1v) is 11.6. The number of esters is 1. The zero-order valence-electron chi connectivity index (χ0n) is 14.5. The second-order valence-corrected chi connectivity index (χ2v) is 10.2. The zero-order chi connectivity index (χ0) is 20.2. The normalized spacial score (nSPS) is 11.8. The Morgan fingerprint density at radius 1 is 1.04 bits per heavy atom. The van der Waals surface area contributed by atoms with Crippen molar-refractivity contribution in [3.05, 3.63) is 53.6 Å². The Morgan fingerprint density at radius 3 is 2.22 bits per heavy atom. The van der Waals surface area contributed by atoms with Crippen molar-refractivity contribution in [2.45, 2.75) is 16.7 Å². The molecule has 2 aromatic rings. The maximum atomic E-state index is 12.2. The number of benzene rings is 2. The molecular formula is C17H17ClO7S2. The Bertz CT molecular complexity index is 1040. The quantitative estimate of drug-likeness (QED) is 0.489. The first-order chi connectivity index (χ1) is 12.5. The molecule has 27 heavy (non-hydrogen) atoms. The van der Waals surface area contributed by atoms with Gasteiger partial charge in [-0.25, -0.2) is 21.6 Å². The topological polar surface area (TPSA) is 104 Å². The summed E-state index contributed by atoms with van der Waals surface area (Å²) < 4.78 is 57.4. The van der Waals surface area contributed by atoms with Crippen molar-refractivity contribution in [1.29, 1.82) is 0 Å². The van der Waals surface area contributed by atoms with Gasteiger partial charge >= 0.3 is 5.97 Å². The van der Waals surface area contributed by atoms with Crippen LogP contribution in [0.25, 0.3) is 0 Å². The summed E-state index contributed by atoms with van der Waals surface area (Å²) in [5, 5.41) is 0. The molecule has 0 radical (unpaired) electrons. The van der Waals surface area contributed by atoms with Crippen molar-refractivity contribution >= 4 is 35.5 Å². The third-order valence-electron chi connectivity index (χ3n) is 3.63. The molecule has 0 heterocycles. The van der Waals surface area contributed by atoms with Crippen molar-refractivity contribution in [1.82, 2.24) is 0 Å². The van der Waals surface area contributed by atoms with E-state index >= 15 is 0 Å². The van der Waals surface area contributed by atoms with Crippen LogP contribution in [0.1, 0.15) is 15.9 Å². The second kappa shape index (κ2) is 8.28. The van der Waals surface area contributed by atoms with Crippen molar-refractivity contribution in [3.8, 4) is 5.75 Å². The van der Waals surface area contributed by atoms with E-state index in [1.807, 2.05) is 6.92 Å². The van der Waals surface area contributed by atoms with E-state index in [1.54, 1.807) is 12.1 Å². The Hall–Kier alpha value is -2.10. The number of ether oxygens (including phenoxy) is 2. The molecule has 2 aromatic carbocycles. The second-order valence-electron chi connectivity index (χ2n) is 5.57. The lowest BCUT2D eigenvalue weighted by Gasteiger charge is -2.09. The van der Waals surface area contributed by atoms with Crippen LogP contribution in [0.5, 0.6) is 5.75 Å². The van der Waals surface area contributed by atoms with Gasteiger partial charge in [0.2, 0.25) is 0 Å². The minimum Gasteiger partial charge on any atom is -0.495 e. The van der Waals surface area contributed by atoms with E-state index in [4.69, 9.17) is 20.2 Å². The van der Waals surface area contributed by atoms with Crippen LogP contribution in [-0.2, 0) is 23.6 Å². The summed E-state index contributed by atoms with van der Waals surface area (Å²) in [5.74, 6) is -1.31. The SMILES string of the molecule is COc1ccc(C(=O)OCCS(=O)(=O)c2ccc(C)cc2)cc1S(=O)(=O)Cl. The number of sulfone groups is 1. The van der Waals surface area contributed by atoms with E-state index in [0.29, 0.717) is 0 Å². The predicted molar refractivity (Wildman–Crippen MR) is 99.5 cm³/mol. The van der Waals surface area contributed by atoms with Crippen molar-refractivity contribution in [2.75, 3.05) is 19.5 Å². The lowest BCUT2D eigenvalue weighted by atomic mass is 10.2. The van der Waals surface area contributed by atoms with Gasteiger partial charge in [0, 0.05) is 10.7 Å². The van der Waals surface area contributed by atoms with Crippen molar-refractivity contribution in [3.63, 3.8) is 0 Å². The molecule has 0 bridgehead atoms. The van der Waals surface area contributed by atoms with Crippen LogP contribution in [0.3, 0.4) is 0 Å². The molecule has 0 aliphatic carbocycles. The van der Waals surface area contributed by atoms with E-state index in [2.05, 4.69) is 0 Å². The molecule has 7 nitrogen and oxygen atoms in total. The molecular weight excluding hydrogens is 416 g/mol. The molecule has 0 fully saturated rings. The molecule has 2 rings (SSSR count). The summed E-state index contributed by atoms with van der Waals surface area (Å²) in [6, 6.07) is 9.87. The maximum Gasteiger partial charge on any atom is 0.338 e. The number of rotatable bonds is 7. The number of hydrogen-bond donors (Lipinski definition) is 0. The fourth-order valence-electron chi connectivity index (χ4n) is 2.19. The molecule has 0 saturated heterocycles. The van der Waals surface area contributed by atoms with E-state index in [-0.39, 0.29) is 27.7 Å². The van der Waals surface area contributed by atoms with Gasteiger partial charge in [0.1, 0.15) is 17.3 Å². The number of carbonyl (C=O) groups excluding carboxylic acids is 1. The van der Waals surface area contributed by atoms with Crippen LogP contribution in [0.15, 0.2) is 52.3 Å². The highest BCUT2D eigenvalue weighted by molar-refractivity contribution is 8.13. The Morgan fingerprint density at radius 2 is 1.67 bits per heavy atom. The standard InChI is InChI=1S/C17H17ClO7S2/c1-12-3-6-14(7-4-12)26(20,21)10-9-25-17(19)13-5-8-15(24-2)16(11-13)27(18,22)23/h3-8,11H,9-10H2,1-2H3. The van der Waals surface area contributed by atoms with E-state index in [9.17, 15) is 21.6 Å². The summed E-state index contributed by atoms with van der Waals surface area (Å²) in [6.45, 7) is 1.45. The monoisotopic (exact) mass is 432 g/mol. The Balaban J connectivity index is 2.09. The first-order valence-electron chi connectivity index (χ1n) is 7.64. The highest BCUT2D eigenvalue weighted by atomic mass is 35.7. The average Bonchev–Trinajstić information content (AvgIpc) is 2.60. The number of carbonyl (C=O) groups is 1. The van der Waals surface area contributed by atoms with Crippen molar-refractivity contribution < 1.29 is 31.1 Å². The number of hydrogen-bond acceptors (Lipinski definition) is 7. The summed E-state index contributed by atoms with van der Waals surface area (Å²) in [6.07, 6.45) is 0. The van der Waals surface area contributed by atoms with E-state index in [1.165, 1.54) is 31.4 Å². The fourth-order valence-corrected chi connectivity index (χ4v) is 4.30. The van der Waals surface area contributed by atoms with Gasteiger partial charge in [-0.1, -0.05) is 17.7 Å². The van der Waals surface area contributed by atoms with Gasteiger partial charge in [-0.2, -0.15) is 0 Å². The van der Waals surface area contributed by atoms with Gasteiger partial charge in [-0.05, 0) is 37.3 Å². The molecule has 0 atom stereocenters. The zero-order valence-corrected chi connectivity index (χ0v) is 16.9. The molecule has 0 amide bonds. The molecule has 0 spiro atoms. The van der Waals surface area contributed by atoms with Gasteiger partial charge < -0.3 is 9.47 Å². The molecule has 10 heteroatoms. The molecule has 0 aliphatic heterocycles. The van der Waals surface area contributed by atoms with Crippen molar-refractivity contribution in [2.24, 2.45) is 0 Å². The van der Waals surface area contributed by atoms with Crippen LogP contribution < -0.4 is 4.74 Å². The molecule has 0 N–H and O–H groups in total. The third kappa shape index (κ3) is 5.44. The fraction of sp³-hybridized carbons (Fsp3) is 0.235. The van der Waals surface area contributed by atoms with Crippen LogP contribution in [0.2, 0.25) is 0 Å². The Labute approximate surface area is 162 Å². The Kier molecular flexibility index (Phi) is 6.50. The van der Waals surface area contributed by atoms with Gasteiger partial charge in [0.25, 0.3) is 9.05 Å². The number of aryl methyl sites for hydroxylation is 1. The van der Waals surface area contributed by atoms with Crippen LogP contribution >= 0.6 is 10.7 Å². The van der Waals surface area contributed by atoms with E-state index < -0.39 is 30.6 Å². The molecule has 0 unspecified atom stereocenters. The highest BCUT2D eigenvalue weighted by Gasteiger charge is 2.21. The van der Waals surface area contributed by atoms with Gasteiger partial charge in [0.15, 0.2) is 9.84 Å². The lowest BCUT2D eigenvalue weighted by molar-refractivity contribution is 0.0529. The molecule has 146 valence electrons. The maximum absolute atomic E-state index is 12.2. The molecule has 0 saturated carbocycles. The third-order valence-corrected chi connectivity index (χ3v) is 6.66. The smallest absolute Gasteiger partial charge is 0.338 e.